The number of carbonyl (C=O) groups excluding carboxylic acids is 1. The average molecular weight is 289 g/mol. The predicted octanol–water partition coefficient (Wildman–Crippen LogP) is 1.50. The van der Waals surface area contributed by atoms with Gasteiger partial charge in [-0.05, 0) is 12.5 Å². The Morgan fingerprint density at radius 1 is 1.52 bits per heavy atom. The van der Waals surface area contributed by atoms with Crippen molar-refractivity contribution in [3.05, 3.63) is 28.3 Å². The van der Waals surface area contributed by atoms with E-state index >= 15 is 0 Å². The van der Waals surface area contributed by atoms with E-state index in [4.69, 9.17) is 0 Å². The van der Waals surface area contributed by atoms with E-state index in [1.807, 2.05) is 0 Å². The number of amides is 1. The molecule has 8 nitrogen and oxygen atoms in total. The Bertz CT molecular complexity index is 711. The van der Waals surface area contributed by atoms with E-state index in [1.165, 1.54) is 12.1 Å². The number of nitrogens with zero attached hydrogens (tertiary/aromatic N) is 3. The Hall–Kier alpha value is -2.64. The number of piperidine rings is 1. The number of imidazole rings is 1. The molecule has 0 spiro atoms. The Morgan fingerprint density at radius 2 is 2.33 bits per heavy atom. The minimum Gasteiger partial charge on any atom is -0.351 e. The Morgan fingerprint density at radius 3 is 3.05 bits per heavy atom. The first-order valence-electron chi connectivity index (χ1n) is 6.67. The molecule has 1 aliphatic rings. The molecule has 0 bridgehead atoms. The van der Waals surface area contributed by atoms with Crippen LogP contribution in [0.15, 0.2) is 18.2 Å². The number of hydrogen-bond acceptors (Lipinski definition) is 5. The molecule has 0 aliphatic carbocycles. The van der Waals surface area contributed by atoms with Gasteiger partial charge in [-0.2, -0.15) is 0 Å². The molecule has 1 unspecified atom stereocenters. The summed E-state index contributed by atoms with van der Waals surface area (Å²) in [5.74, 6) is 0.714. The van der Waals surface area contributed by atoms with Crippen LogP contribution in [0.4, 0.5) is 11.6 Å². The van der Waals surface area contributed by atoms with E-state index in [0.29, 0.717) is 29.9 Å². The van der Waals surface area contributed by atoms with E-state index in [-0.39, 0.29) is 17.6 Å². The van der Waals surface area contributed by atoms with Crippen LogP contribution >= 0.6 is 0 Å². The van der Waals surface area contributed by atoms with Gasteiger partial charge in [0.1, 0.15) is 0 Å². The molecule has 8 heteroatoms. The van der Waals surface area contributed by atoms with Crippen LogP contribution in [0, 0.1) is 10.1 Å². The maximum absolute atomic E-state index is 11.4. The van der Waals surface area contributed by atoms with E-state index in [0.717, 1.165) is 6.42 Å². The number of nitrogens with one attached hydrogen (secondary N) is 2. The van der Waals surface area contributed by atoms with Crippen molar-refractivity contribution in [1.29, 1.82) is 0 Å². The molecule has 1 atom stereocenters. The monoisotopic (exact) mass is 289 g/mol. The number of anilines is 1. The summed E-state index contributed by atoms with van der Waals surface area (Å²) < 4.78 is 0. The molecule has 1 aromatic carbocycles. The SMILES string of the molecule is CN1CC(Nc2nc3ccc([N+](=O)[O-])cc3[nH]2)CCC1=O. The van der Waals surface area contributed by atoms with E-state index in [1.54, 1.807) is 18.0 Å². The van der Waals surface area contributed by atoms with Crippen LogP contribution in [0.1, 0.15) is 12.8 Å². The van der Waals surface area contributed by atoms with Gasteiger partial charge in [-0.3, -0.25) is 14.9 Å². The van der Waals surface area contributed by atoms with Crippen molar-refractivity contribution in [2.24, 2.45) is 0 Å². The zero-order valence-corrected chi connectivity index (χ0v) is 11.5. The van der Waals surface area contributed by atoms with Gasteiger partial charge in [-0.1, -0.05) is 0 Å². The molecule has 21 heavy (non-hydrogen) atoms. The molecule has 1 aliphatic heterocycles. The van der Waals surface area contributed by atoms with Gasteiger partial charge in [0.25, 0.3) is 5.69 Å². The number of likely N-dealkylation sites (tertiary alicyclic amines) is 1. The predicted molar refractivity (Wildman–Crippen MR) is 77.0 cm³/mol. The van der Waals surface area contributed by atoms with Crippen LogP contribution in [0.2, 0.25) is 0 Å². The van der Waals surface area contributed by atoms with Gasteiger partial charge >= 0.3 is 0 Å². The zero-order valence-electron chi connectivity index (χ0n) is 11.5. The van der Waals surface area contributed by atoms with Crippen molar-refractivity contribution >= 4 is 28.6 Å². The van der Waals surface area contributed by atoms with Crippen LogP contribution < -0.4 is 5.32 Å². The van der Waals surface area contributed by atoms with Crippen LogP contribution in [0.3, 0.4) is 0 Å². The maximum Gasteiger partial charge on any atom is 0.271 e. The number of rotatable bonds is 3. The first kappa shape index (κ1) is 13.3. The van der Waals surface area contributed by atoms with Crippen molar-refractivity contribution in [2.75, 3.05) is 18.9 Å². The molecule has 1 fully saturated rings. The summed E-state index contributed by atoms with van der Waals surface area (Å²) in [4.78, 5) is 30.8. The van der Waals surface area contributed by atoms with Gasteiger partial charge in [0, 0.05) is 38.2 Å². The summed E-state index contributed by atoms with van der Waals surface area (Å²) in [6, 6.07) is 4.64. The third-order valence-electron chi connectivity index (χ3n) is 3.64. The second-order valence-corrected chi connectivity index (χ2v) is 5.20. The van der Waals surface area contributed by atoms with Crippen molar-refractivity contribution in [3.8, 4) is 0 Å². The van der Waals surface area contributed by atoms with Crippen LogP contribution in [-0.4, -0.2) is 45.3 Å². The number of carbonyl (C=O) groups is 1. The lowest BCUT2D eigenvalue weighted by Crippen LogP contribution is -2.43. The topological polar surface area (TPSA) is 104 Å². The summed E-state index contributed by atoms with van der Waals surface area (Å²) in [5.41, 5.74) is 1.32. The molecule has 110 valence electrons. The Kier molecular flexibility index (Phi) is 3.20. The van der Waals surface area contributed by atoms with Crippen molar-refractivity contribution in [1.82, 2.24) is 14.9 Å². The fraction of sp³-hybridized carbons (Fsp3) is 0.385. The van der Waals surface area contributed by atoms with Crippen molar-refractivity contribution < 1.29 is 9.72 Å². The molecule has 1 aromatic heterocycles. The van der Waals surface area contributed by atoms with Gasteiger partial charge < -0.3 is 15.2 Å². The van der Waals surface area contributed by atoms with Gasteiger partial charge in [-0.25, -0.2) is 4.98 Å². The molecule has 1 saturated heterocycles. The number of fused-ring (bicyclic) bond motifs is 1. The number of aromatic nitrogens is 2. The number of aromatic amines is 1. The maximum atomic E-state index is 11.4. The fourth-order valence-corrected chi connectivity index (χ4v) is 2.50. The van der Waals surface area contributed by atoms with Gasteiger partial charge in [0.15, 0.2) is 0 Å². The van der Waals surface area contributed by atoms with Gasteiger partial charge in [-0.15, -0.1) is 0 Å². The lowest BCUT2D eigenvalue weighted by molar-refractivity contribution is -0.384. The second kappa shape index (κ2) is 5.04. The van der Waals surface area contributed by atoms with Crippen LogP contribution in [0.25, 0.3) is 11.0 Å². The largest absolute Gasteiger partial charge is 0.351 e. The van der Waals surface area contributed by atoms with Crippen molar-refractivity contribution in [2.45, 2.75) is 18.9 Å². The number of benzene rings is 1. The molecule has 3 rings (SSSR count). The van der Waals surface area contributed by atoms with E-state index in [9.17, 15) is 14.9 Å². The number of likely N-dealkylation sites (N-methyl/N-ethyl adjacent to an activating group) is 1. The first-order valence-corrected chi connectivity index (χ1v) is 6.67. The number of non-ortho nitro benzene ring substituents is 1. The quantitative estimate of drug-likeness (QED) is 0.658. The number of H-pyrrole nitrogens is 1. The Balaban J connectivity index is 1.78. The fourth-order valence-electron chi connectivity index (χ4n) is 2.50. The number of nitro groups is 1. The summed E-state index contributed by atoms with van der Waals surface area (Å²) in [6.45, 7) is 0.621. The molecule has 0 radical (unpaired) electrons. The molecule has 2 heterocycles. The molecular formula is C13H15N5O3. The summed E-state index contributed by atoms with van der Waals surface area (Å²) in [5, 5.41) is 14.0. The normalized spacial score (nSPS) is 19.0. The second-order valence-electron chi connectivity index (χ2n) is 5.20. The molecular weight excluding hydrogens is 274 g/mol. The number of nitro benzene ring substituents is 1. The number of hydrogen-bond donors (Lipinski definition) is 2. The van der Waals surface area contributed by atoms with E-state index < -0.39 is 4.92 Å². The highest BCUT2D eigenvalue weighted by Gasteiger charge is 2.23. The summed E-state index contributed by atoms with van der Waals surface area (Å²) >= 11 is 0. The molecule has 0 saturated carbocycles. The van der Waals surface area contributed by atoms with Gasteiger partial charge in [0.2, 0.25) is 11.9 Å². The lowest BCUT2D eigenvalue weighted by Gasteiger charge is -2.29. The van der Waals surface area contributed by atoms with Crippen LogP contribution in [-0.2, 0) is 4.79 Å². The minimum atomic E-state index is -0.435. The van der Waals surface area contributed by atoms with Crippen LogP contribution in [0.5, 0.6) is 0 Å². The summed E-state index contributed by atoms with van der Waals surface area (Å²) in [7, 11) is 1.78. The molecule has 1 amide bonds. The average Bonchev–Trinajstić information content (AvgIpc) is 2.84. The zero-order chi connectivity index (χ0) is 15.0. The standard InChI is InChI=1S/C13H15N5O3/c1-17-7-8(2-5-12(17)19)14-13-15-10-4-3-9(18(20)21)6-11(10)16-13/h3-4,6,8H,2,5,7H2,1H3,(H2,14,15,16). The Labute approximate surface area is 120 Å². The first-order chi connectivity index (χ1) is 10.0. The third kappa shape index (κ3) is 2.64. The minimum absolute atomic E-state index is 0.0284. The summed E-state index contributed by atoms with van der Waals surface area (Å²) in [6.07, 6.45) is 1.26. The third-order valence-corrected chi connectivity index (χ3v) is 3.64. The van der Waals surface area contributed by atoms with E-state index in [2.05, 4.69) is 15.3 Å². The highest BCUT2D eigenvalue weighted by atomic mass is 16.6. The molecule has 2 aromatic rings. The highest BCUT2D eigenvalue weighted by molar-refractivity contribution is 5.80. The highest BCUT2D eigenvalue weighted by Crippen LogP contribution is 2.21. The smallest absolute Gasteiger partial charge is 0.271 e. The lowest BCUT2D eigenvalue weighted by atomic mass is 10.1. The van der Waals surface area contributed by atoms with Gasteiger partial charge in [0.05, 0.1) is 16.0 Å². The molecule has 2 N–H and O–H groups in total. The van der Waals surface area contributed by atoms with Crippen molar-refractivity contribution in [3.63, 3.8) is 0 Å².